The second kappa shape index (κ2) is 7.10. The number of carbonyl (C=O) groups excluding carboxylic acids is 1. The number of piperidine rings is 1. The molecule has 1 heterocycles. The third-order valence-electron chi connectivity index (χ3n) is 4.00. The monoisotopic (exact) mass is 255 g/mol. The fourth-order valence-electron chi connectivity index (χ4n) is 2.55. The minimum absolute atomic E-state index is 0.0480. The lowest BCUT2D eigenvalue weighted by Gasteiger charge is -2.35. The molecule has 1 aliphatic rings. The van der Waals surface area contributed by atoms with Gasteiger partial charge in [0.05, 0.1) is 5.92 Å². The summed E-state index contributed by atoms with van der Waals surface area (Å²) in [5.74, 6) is 0.398. The normalized spacial score (nSPS) is 20.4. The van der Waals surface area contributed by atoms with Crippen LogP contribution in [0.5, 0.6) is 0 Å². The quantitative estimate of drug-likeness (QED) is 0.776. The Morgan fingerprint density at radius 1 is 1.28 bits per heavy atom. The van der Waals surface area contributed by atoms with Crippen LogP contribution in [0, 0.1) is 11.8 Å². The van der Waals surface area contributed by atoms with Crippen molar-refractivity contribution in [3.05, 3.63) is 0 Å². The van der Waals surface area contributed by atoms with Gasteiger partial charge in [0.1, 0.15) is 0 Å². The van der Waals surface area contributed by atoms with Gasteiger partial charge in [0, 0.05) is 31.7 Å². The number of amides is 1. The first-order valence-corrected chi connectivity index (χ1v) is 7.20. The van der Waals surface area contributed by atoms with Gasteiger partial charge in [0.15, 0.2) is 0 Å². The molecule has 1 unspecified atom stereocenters. The van der Waals surface area contributed by atoms with Crippen molar-refractivity contribution >= 4 is 5.91 Å². The minimum atomic E-state index is -0.0480. The van der Waals surface area contributed by atoms with Gasteiger partial charge in [0.25, 0.3) is 0 Å². The first kappa shape index (κ1) is 15.4. The summed E-state index contributed by atoms with van der Waals surface area (Å²) in [6.07, 6.45) is 2.11. The molecule has 0 aromatic heterocycles. The standard InChI is InChI=1S/C14H29N3O/c1-10(2)13(9-15)14(18)16-12-5-7-17(8-6-12)11(3)4/h10-13H,5-9,15H2,1-4H3,(H,16,18). The van der Waals surface area contributed by atoms with E-state index >= 15 is 0 Å². The third-order valence-corrected chi connectivity index (χ3v) is 4.00. The van der Waals surface area contributed by atoms with E-state index in [0.717, 1.165) is 25.9 Å². The average Bonchev–Trinajstić information content (AvgIpc) is 2.29. The first-order valence-electron chi connectivity index (χ1n) is 7.20. The van der Waals surface area contributed by atoms with Crippen molar-refractivity contribution in [3.63, 3.8) is 0 Å². The van der Waals surface area contributed by atoms with Gasteiger partial charge >= 0.3 is 0 Å². The Hall–Kier alpha value is -0.610. The van der Waals surface area contributed by atoms with Crippen molar-refractivity contribution in [1.82, 2.24) is 10.2 Å². The van der Waals surface area contributed by atoms with Crippen LogP contribution in [0.4, 0.5) is 0 Å². The van der Waals surface area contributed by atoms with Crippen LogP contribution in [-0.2, 0) is 4.79 Å². The van der Waals surface area contributed by atoms with E-state index in [0.29, 0.717) is 24.5 Å². The van der Waals surface area contributed by atoms with Gasteiger partial charge in [0.2, 0.25) is 5.91 Å². The number of carbonyl (C=O) groups is 1. The molecule has 1 aliphatic heterocycles. The predicted molar refractivity (Wildman–Crippen MR) is 75.3 cm³/mol. The number of hydrogen-bond acceptors (Lipinski definition) is 3. The molecule has 18 heavy (non-hydrogen) atoms. The van der Waals surface area contributed by atoms with Gasteiger partial charge in [-0.15, -0.1) is 0 Å². The van der Waals surface area contributed by atoms with Crippen molar-refractivity contribution in [1.29, 1.82) is 0 Å². The highest BCUT2D eigenvalue weighted by molar-refractivity contribution is 5.79. The van der Waals surface area contributed by atoms with E-state index in [-0.39, 0.29) is 11.8 Å². The lowest BCUT2D eigenvalue weighted by molar-refractivity contribution is -0.127. The lowest BCUT2D eigenvalue weighted by atomic mass is 9.94. The van der Waals surface area contributed by atoms with Gasteiger partial charge < -0.3 is 16.0 Å². The predicted octanol–water partition coefficient (Wildman–Crippen LogP) is 1.21. The van der Waals surface area contributed by atoms with Crippen molar-refractivity contribution in [3.8, 4) is 0 Å². The maximum atomic E-state index is 12.1. The molecule has 1 amide bonds. The fraction of sp³-hybridized carbons (Fsp3) is 0.929. The number of nitrogens with one attached hydrogen (secondary N) is 1. The second-order valence-corrected chi connectivity index (χ2v) is 6.00. The van der Waals surface area contributed by atoms with Crippen molar-refractivity contribution in [2.75, 3.05) is 19.6 Å². The molecule has 0 aliphatic carbocycles. The highest BCUT2D eigenvalue weighted by Crippen LogP contribution is 2.15. The molecule has 3 N–H and O–H groups in total. The van der Waals surface area contributed by atoms with E-state index in [1.807, 2.05) is 0 Å². The molecular weight excluding hydrogens is 226 g/mol. The zero-order valence-corrected chi connectivity index (χ0v) is 12.3. The van der Waals surface area contributed by atoms with Crippen LogP contribution in [0.25, 0.3) is 0 Å². The van der Waals surface area contributed by atoms with Crippen LogP contribution in [0.15, 0.2) is 0 Å². The molecule has 4 nitrogen and oxygen atoms in total. The minimum Gasteiger partial charge on any atom is -0.353 e. The largest absolute Gasteiger partial charge is 0.353 e. The second-order valence-electron chi connectivity index (χ2n) is 6.00. The average molecular weight is 255 g/mol. The molecule has 0 saturated carbocycles. The van der Waals surface area contributed by atoms with Crippen molar-refractivity contribution < 1.29 is 4.79 Å². The van der Waals surface area contributed by atoms with E-state index < -0.39 is 0 Å². The van der Waals surface area contributed by atoms with E-state index in [4.69, 9.17) is 5.73 Å². The Bertz CT molecular complexity index is 258. The molecule has 106 valence electrons. The van der Waals surface area contributed by atoms with Gasteiger partial charge in [-0.25, -0.2) is 0 Å². The number of likely N-dealkylation sites (tertiary alicyclic amines) is 1. The maximum Gasteiger partial charge on any atom is 0.224 e. The van der Waals surface area contributed by atoms with Crippen molar-refractivity contribution in [2.45, 2.75) is 52.6 Å². The molecule has 0 radical (unpaired) electrons. The van der Waals surface area contributed by atoms with Crippen LogP contribution < -0.4 is 11.1 Å². The summed E-state index contributed by atoms with van der Waals surface area (Å²) in [6, 6.07) is 0.939. The topological polar surface area (TPSA) is 58.4 Å². The summed E-state index contributed by atoms with van der Waals surface area (Å²) < 4.78 is 0. The summed E-state index contributed by atoms with van der Waals surface area (Å²) in [5.41, 5.74) is 5.67. The summed E-state index contributed by atoms with van der Waals surface area (Å²) >= 11 is 0. The molecule has 1 fully saturated rings. The maximum absolute atomic E-state index is 12.1. The van der Waals surface area contributed by atoms with Crippen LogP contribution in [0.3, 0.4) is 0 Å². The highest BCUT2D eigenvalue weighted by Gasteiger charge is 2.26. The molecule has 1 atom stereocenters. The molecule has 1 rings (SSSR count). The van der Waals surface area contributed by atoms with E-state index in [9.17, 15) is 4.79 Å². The lowest BCUT2D eigenvalue weighted by Crippen LogP contribution is -2.49. The van der Waals surface area contributed by atoms with Gasteiger partial charge in [-0.2, -0.15) is 0 Å². The Morgan fingerprint density at radius 2 is 1.83 bits per heavy atom. The van der Waals surface area contributed by atoms with Crippen molar-refractivity contribution in [2.24, 2.45) is 17.6 Å². The number of hydrogen-bond donors (Lipinski definition) is 2. The third kappa shape index (κ3) is 4.25. The molecule has 4 heteroatoms. The summed E-state index contributed by atoms with van der Waals surface area (Å²) in [5, 5.41) is 3.17. The Balaban J connectivity index is 2.38. The Kier molecular flexibility index (Phi) is 6.09. The van der Waals surface area contributed by atoms with Gasteiger partial charge in [-0.1, -0.05) is 13.8 Å². The fourth-order valence-corrected chi connectivity index (χ4v) is 2.55. The van der Waals surface area contributed by atoms with Crippen LogP contribution >= 0.6 is 0 Å². The zero-order chi connectivity index (χ0) is 13.7. The van der Waals surface area contributed by atoms with Gasteiger partial charge in [-0.3, -0.25) is 4.79 Å². The van der Waals surface area contributed by atoms with Crippen LogP contribution in [0.2, 0.25) is 0 Å². The first-order chi connectivity index (χ1) is 8.45. The zero-order valence-electron chi connectivity index (χ0n) is 12.3. The molecule has 1 saturated heterocycles. The smallest absolute Gasteiger partial charge is 0.224 e. The van der Waals surface area contributed by atoms with Crippen LogP contribution in [0.1, 0.15) is 40.5 Å². The molecule has 0 aromatic carbocycles. The summed E-state index contributed by atoms with van der Waals surface area (Å²) in [4.78, 5) is 14.6. The molecular formula is C14H29N3O. The summed E-state index contributed by atoms with van der Waals surface area (Å²) in [6.45, 7) is 11.2. The van der Waals surface area contributed by atoms with E-state index in [2.05, 4.69) is 37.9 Å². The van der Waals surface area contributed by atoms with E-state index in [1.54, 1.807) is 0 Å². The van der Waals surface area contributed by atoms with E-state index in [1.165, 1.54) is 0 Å². The van der Waals surface area contributed by atoms with Gasteiger partial charge in [-0.05, 0) is 32.6 Å². The number of rotatable bonds is 5. The number of nitrogens with two attached hydrogens (primary N) is 1. The number of nitrogens with zero attached hydrogens (tertiary/aromatic N) is 1. The Labute approximate surface area is 111 Å². The summed E-state index contributed by atoms with van der Waals surface area (Å²) in [7, 11) is 0. The molecule has 0 spiro atoms. The Morgan fingerprint density at radius 3 is 2.22 bits per heavy atom. The molecule has 0 aromatic rings. The highest BCUT2D eigenvalue weighted by atomic mass is 16.2. The SMILES string of the molecule is CC(C)C(CN)C(=O)NC1CCN(C(C)C)CC1. The molecule has 0 bridgehead atoms. The van der Waals surface area contributed by atoms with Crippen LogP contribution in [-0.4, -0.2) is 42.5 Å².